The Morgan fingerprint density at radius 2 is 1.44 bits per heavy atom. The van der Waals surface area contributed by atoms with Gasteiger partial charge < -0.3 is 0 Å². The molecule has 0 bridgehead atoms. The van der Waals surface area contributed by atoms with Crippen molar-refractivity contribution in [2.75, 3.05) is 0 Å². The predicted molar refractivity (Wildman–Crippen MR) is 111 cm³/mol. The van der Waals surface area contributed by atoms with Crippen LogP contribution in [0.5, 0.6) is 0 Å². The molecule has 2 aromatic carbocycles. The number of Topliss-reactive ketones (excluding diaryl/α,β-unsaturated/α-hetero) is 1. The second kappa shape index (κ2) is 8.99. The number of carbonyl (C=O) groups is 2. The van der Waals surface area contributed by atoms with E-state index in [9.17, 15) is 9.59 Å². The molecule has 1 amide bonds. The number of benzene rings is 2. The van der Waals surface area contributed by atoms with Crippen LogP contribution in [0.2, 0.25) is 15.1 Å². The quantitative estimate of drug-likeness (QED) is 0.270. The number of halogens is 5. The first kappa shape index (κ1) is 22.3. The molecule has 0 saturated heterocycles. The number of carbonyl (C=O) groups excluding carboxylic acids is 2. The van der Waals surface area contributed by atoms with Crippen molar-refractivity contribution in [1.82, 2.24) is 9.06 Å². The Morgan fingerprint density at radius 3 is 2.00 bits per heavy atom. The minimum atomic E-state index is -0.966. The van der Waals surface area contributed by atoms with Crippen molar-refractivity contribution in [3.63, 3.8) is 0 Å². The molecule has 0 atom stereocenters. The molecule has 0 aromatic heterocycles. The molecule has 144 valence electrons. The molecule has 9 heteroatoms. The summed E-state index contributed by atoms with van der Waals surface area (Å²) in [6.07, 6.45) is 0.00993. The molecule has 0 saturated carbocycles. The summed E-state index contributed by atoms with van der Waals surface area (Å²) in [6.45, 7) is 3.37. The van der Waals surface area contributed by atoms with Gasteiger partial charge in [-0.05, 0) is 56.3 Å². The average Bonchev–Trinajstić information content (AvgIpc) is 2.62. The van der Waals surface area contributed by atoms with Gasteiger partial charge in [-0.1, -0.05) is 34.8 Å². The third-order valence-electron chi connectivity index (χ3n) is 3.75. The molecule has 2 rings (SSSR count). The summed E-state index contributed by atoms with van der Waals surface area (Å²) in [7, 11) is 0. The number of hydrogen-bond donors (Lipinski definition) is 0. The van der Waals surface area contributed by atoms with Crippen LogP contribution in [0.15, 0.2) is 42.5 Å². The highest BCUT2D eigenvalue weighted by atomic mass is 35.5. The molecule has 0 heterocycles. The van der Waals surface area contributed by atoms with Gasteiger partial charge in [-0.15, -0.1) is 4.53 Å². The number of nitrogens with zero attached hydrogens (tertiary/aromatic N) is 2. The van der Waals surface area contributed by atoms with E-state index in [0.29, 0.717) is 20.1 Å². The lowest BCUT2D eigenvalue weighted by atomic mass is 9.95. The molecule has 0 aliphatic heterocycles. The first-order valence-electron chi connectivity index (χ1n) is 7.73. The molecule has 0 aliphatic rings. The molecule has 0 radical (unpaired) electrons. The smallest absolute Gasteiger partial charge is 0.284 e. The lowest BCUT2D eigenvalue weighted by Gasteiger charge is -2.35. The van der Waals surface area contributed by atoms with Gasteiger partial charge in [-0.2, -0.15) is 4.53 Å². The van der Waals surface area contributed by atoms with Crippen molar-refractivity contribution in [3.05, 3.63) is 68.7 Å². The second-order valence-electron chi connectivity index (χ2n) is 6.37. The maximum atomic E-state index is 12.6. The van der Waals surface area contributed by atoms with Crippen molar-refractivity contribution in [3.8, 4) is 0 Å². The number of amides is 1. The van der Waals surface area contributed by atoms with Gasteiger partial charge in [-0.3, -0.25) is 9.59 Å². The van der Waals surface area contributed by atoms with Crippen molar-refractivity contribution in [2.45, 2.75) is 25.8 Å². The molecular weight excluding hydrogens is 453 g/mol. The lowest BCUT2D eigenvalue weighted by molar-refractivity contribution is 0.0374. The summed E-state index contributed by atoms with van der Waals surface area (Å²) in [5, 5.41) is 1.06. The van der Waals surface area contributed by atoms with E-state index >= 15 is 0 Å². The summed E-state index contributed by atoms with van der Waals surface area (Å²) in [5.41, 5.74) is -0.286. The predicted octanol–water partition coefficient (Wildman–Crippen LogP) is 6.67. The molecule has 4 nitrogen and oxygen atoms in total. The molecule has 0 fully saturated rings. The Kier molecular flexibility index (Phi) is 7.42. The monoisotopic (exact) mass is 466 g/mol. The van der Waals surface area contributed by atoms with Crippen LogP contribution >= 0.6 is 58.4 Å². The standard InChI is InChI=1S/C18H15Cl5N2O2/c1-18(2,10-16(26)11-3-6-13(19)7-4-11)25(23)24(22)17(27)12-5-8-14(20)15(21)9-12/h3-9H,10H2,1-2H3. The molecule has 0 unspecified atom stereocenters. The van der Waals surface area contributed by atoms with Crippen molar-refractivity contribution in [2.24, 2.45) is 0 Å². The fourth-order valence-electron chi connectivity index (χ4n) is 2.25. The van der Waals surface area contributed by atoms with Crippen LogP contribution < -0.4 is 0 Å². The zero-order valence-electron chi connectivity index (χ0n) is 14.3. The summed E-state index contributed by atoms with van der Waals surface area (Å²) in [5.74, 6) is -0.786. The molecule has 27 heavy (non-hydrogen) atoms. The van der Waals surface area contributed by atoms with E-state index in [0.717, 1.165) is 4.53 Å². The van der Waals surface area contributed by atoms with Crippen LogP contribution in [0.25, 0.3) is 0 Å². The van der Waals surface area contributed by atoms with Crippen molar-refractivity contribution in [1.29, 1.82) is 0 Å². The molecular formula is C18H15Cl5N2O2. The zero-order valence-corrected chi connectivity index (χ0v) is 18.1. The topological polar surface area (TPSA) is 40.6 Å². The Hall–Kier alpha value is -1.01. The van der Waals surface area contributed by atoms with E-state index in [2.05, 4.69) is 0 Å². The highest BCUT2D eigenvalue weighted by Gasteiger charge is 2.35. The molecule has 0 aliphatic carbocycles. The number of ketones is 1. The van der Waals surface area contributed by atoms with E-state index in [4.69, 9.17) is 58.4 Å². The lowest BCUT2D eigenvalue weighted by Crippen LogP contribution is -2.48. The SMILES string of the molecule is CC(C)(CC(=O)c1ccc(Cl)cc1)N(Cl)N(Cl)C(=O)c1ccc(Cl)c(Cl)c1. The summed E-state index contributed by atoms with van der Waals surface area (Å²) in [4.78, 5) is 25.1. The summed E-state index contributed by atoms with van der Waals surface area (Å²) in [6, 6.07) is 10.8. The normalized spacial score (nSPS) is 11.6. The van der Waals surface area contributed by atoms with Crippen molar-refractivity contribution >= 4 is 70.0 Å². The van der Waals surface area contributed by atoms with Crippen LogP contribution in [0.4, 0.5) is 0 Å². The zero-order chi connectivity index (χ0) is 20.4. The van der Waals surface area contributed by atoms with Gasteiger partial charge in [0, 0.05) is 46.1 Å². The third-order valence-corrected chi connectivity index (χ3v) is 5.73. The van der Waals surface area contributed by atoms with Crippen LogP contribution in [-0.4, -0.2) is 26.3 Å². The number of rotatable bonds is 6. The van der Waals surface area contributed by atoms with Crippen LogP contribution in [0, 0.1) is 0 Å². The second-order valence-corrected chi connectivity index (χ2v) is 8.26. The fourth-order valence-corrected chi connectivity index (χ4v) is 3.10. The largest absolute Gasteiger partial charge is 0.294 e. The number of hydrazine groups is 1. The fraction of sp³-hybridized carbons (Fsp3) is 0.222. The van der Waals surface area contributed by atoms with Crippen molar-refractivity contribution < 1.29 is 9.59 Å². The van der Waals surface area contributed by atoms with Crippen LogP contribution in [-0.2, 0) is 0 Å². The summed E-state index contributed by atoms with van der Waals surface area (Å²) < 4.78 is 1.68. The van der Waals surface area contributed by atoms with E-state index in [1.165, 1.54) is 18.2 Å². The van der Waals surface area contributed by atoms with Gasteiger partial charge in [0.2, 0.25) is 0 Å². The summed E-state index contributed by atoms with van der Waals surface area (Å²) >= 11 is 30.0. The highest BCUT2D eigenvalue weighted by Crippen LogP contribution is 2.29. The van der Waals surface area contributed by atoms with Crippen LogP contribution in [0.1, 0.15) is 41.0 Å². The maximum absolute atomic E-state index is 12.6. The Morgan fingerprint density at radius 1 is 0.889 bits per heavy atom. The highest BCUT2D eigenvalue weighted by molar-refractivity contribution is 6.42. The van der Waals surface area contributed by atoms with E-state index < -0.39 is 11.4 Å². The molecule has 0 spiro atoms. The minimum absolute atomic E-state index is 0.00993. The Labute approximate surface area is 182 Å². The van der Waals surface area contributed by atoms with Gasteiger partial charge in [0.25, 0.3) is 5.91 Å². The van der Waals surface area contributed by atoms with Gasteiger partial charge >= 0.3 is 0 Å². The van der Waals surface area contributed by atoms with E-state index in [1.807, 2.05) is 0 Å². The van der Waals surface area contributed by atoms with Gasteiger partial charge in [0.15, 0.2) is 5.78 Å². The minimum Gasteiger partial charge on any atom is -0.294 e. The van der Waals surface area contributed by atoms with Crippen LogP contribution in [0.3, 0.4) is 0 Å². The van der Waals surface area contributed by atoms with Gasteiger partial charge in [0.05, 0.1) is 15.6 Å². The maximum Gasteiger partial charge on any atom is 0.284 e. The Bertz CT molecular complexity index is 855. The van der Waals surface area contributed by atoms with Gasteiger partial charge in [0.1, 0.15) is 0 Å². The molecule has 2 aromatic rings. The third kappa shape index (κ3) is 5.50. The van der Waals surface area contributed by atoms with Gasteiger partial charge in [-0.25, -0.2) is 0 Å². The first-order valence-corrected chi connectivity index (χ1v) is 9.54. The van der Waals surface area contributed by atoms with E-state index in [1.54, 1.807) is 38.1 Å². The first-order chi connectivity index (χ1) is 12.5. The number of hydrogen-bond acceptors (Lipinski definition) is 3. The molecule has 0 N–H and O–H groups in total. The average molecular weight is 469 g/mol. The Balaban J connectivity index is 2.14. The van der Waals surface area contributed by atoms with E-state index in [-0.39, 0.29) is 22.8 Å².